The molecule has 1 amide bonds. The van der Waals surface area contributed by atoms with Gasteiger partial charge in [0, 0.05) is 36.1 Å². The van der Waals surface area contributed by atoms with Crippen molar-refractivity contribution in [2.75, 3.05) is 0 Å². The smallest absolute Gasteiger partial charge is 0.220 e. The Bertz CT molecular complexity index is 1010. The van der Waals surface area contributed by atoms with Crippen LogP contribution < -0.4 is 5.32 Å². The van der Waals surface area contributed by atoms with Crippen molar-refractivity contribution in [2.45, 2.75) is 77.8 Å². The molecule has 30 heavy (non-hydrogen) atoms. The highest BCUT2D eigenvalue weighted by Gasteiger charge is 2.16. The lowest BCUT2D eigenvalue weighted by Gasteiger charge is -2.16. The summed E-state index contributed by atoms with van der Waals surface area (Å²) in [6.45, 7) is 5.19. The molecular formula is C27H34N2O. The molecule has 1 aliphatic rings. The van der Waals surface area contributed by atoms with Crippen LogP contribution in [-0.4, -0.2) is 16.5 Å². The average Bonchev–Trinajstić information content (AvgIpc) is 2.89. The first-order valence-corrected chi connectivity index (χ1v) is 11.5. The molecule has 3 heteroatoms. The quantitative estimate of drug-likeness (QED) is 0.498. The van der Waals surface area contributed by atoms with Crippen LogP contribution in [0.2, 0.25) is 0 Å². The Morgan fingerprint density at radius 1 is 1.00 bits per heavy atom. The molecular weight excluding hydrogens is 368 g/mol. The molecule has 1 fully saturated rings. The third-order valence-corrected chi connectivity index (χ3v) is 6.56. The molecule has 1 saturated carbocycles. The van der Waals surface area contributed by atoms with Gasteiger partial charge in [0.1, 0.15) is 0 Å². The van der Waals surface area contributed by atoms with Gasteiger partial charge in [-0.3, -0.25) is 4.79 Å². The Morgan fingerprint density at radius 2 is 1.77 bits per heavy atom. The molecule has 0 unspecified atom stereocenters. The monoisotopic (exact) mass is 402 g/mol. The van der Waals surface area contributed by atoms with Crippen molar-refractivity contribution in [3.8, 4) is 0 Å². The minimum Gasteiger partial charge on any atom is -0.353 e. The van der Waals surface area contributed by atoms with Gasteiger partial charge in [0.25, 0.3) is 0 Å². The number of amides is 1. The molecule has 1 aliphatic carbocycles. The molecule has 3 aromatic rings. The maximum Gasteiger partial charge on any atom is 0.220 e. The summed E-state index contributed by atoms with van der Waals surface area (Å²) in [4.78, 5) is 12.6. The molecule has 2 aromatic carbocycles. The van der Waals surface area contributed by atoms with Crippen LogP contribution in [0.3, 0.4) is 0 Å². The number of carbonyl (C=O) groups is 1. The van der Waals surface area contributed by atoms with E-state index in [-0.39, 0.29) is 5.91 Å². The van der Waals surface area contributed by atoms with Gasteiger partial charge in [-0.15, -0.1) is 0 Å². The second kappa shape index (κ2) is 9.51. The van der Waals surface area contributed by atoms with E-state index in [1.807, 2.05) is 0 Å². The van der Waals surface area contributed by atoms with Crippen molar-refractivity contribution >= 4 is 16.8 Å². The molecule has 3 nitrogen and oxygen atoms in total. The van der Waals surface area contributed by atoms with Gasteiger partial charge in [0.15, 0.2) is 0 Å². The first kappa shape index (κ1) is 20.7. The predicted octanol–water partition coefficient (Wildman–Crippen LogP) is 6.08. The van der Waals surface area contributed by atoms with E-state index in [1.165, 1.54) is 58.8 Å². The lowest BCUT2D eigenvalue weighted by atomic mass is 10.1. The van der Waals surface area contributed by atoms with Crippen molar-refractivity contribution in [1.82, 2.24) is 9.88 Å². The number of nitrogens with one attached hydrogen (secondary N) is 1. The molecule has 0 aliphatic heterocycles. The summed E-state index contributed by atoms with van der Waals surface area (Å²) in [7, 11) is 0. The van der Waals surface area contributed by atoms with Gasteiger partial charge in [-0.1, -0.05) is 67.6 Å². The molecule has 0 saturated heterocycles. The third kappa shape index (κ3) is 4.95. The van der Waals surface area contributed by atoms with Crippen LogP contribution in [0.4, 0.5) is 0 Å². The van der Waals surface area contributed by atoms with Crippen molar-refractivity contribution in [3.05, 3.63) is 70.9 Å². The number of nitrogens with zero attached hydrogens (tertiary/aromatic N) is 1. The second-order valence-electron chi connectivity index (χ2n) is 8.99. The van der Waals surface area contributed by atoms with Crippen LogP contribution in [-0.2, 0) is 17.8 Å². The Balaban J connectivity index is 1.48. The molecule has 0 atom stereocenters. The molecule has 0 radical (unpaired) electrons. The Labute approximate surface area is 180 Å². The summed E-state index contributed by atoms with van der Waals surface area (Å²) in [5.41, 5.74) is 6.49. The van der Waals surface area contributed by atoms with E-state index in [4.69, 9.17) is 0 Å². The summed E-state index contributed by atoms with van der Waals surface area (Å²) in [5.74, 6) is 0.202. The van der Waals surface area contributed by atoms with Crippen LogP contribution in [0.15, 0.2) is 48.7 Å². The normalized spacial score (nSPS) is 15.3. The SMILES string of the molecule is Cc1ccc(C)c(Cn2cc(CCC(=O)NC3CCCCCC3)c3ccccc32)c1. The van der Waals surface area contributed by atoms with E-state index in [9.17, 15) is 4.79 Å². The number of carbonyl (C=O) groups excluding carboxylic acids is 1. The largest absolute Gasteiger partial charge is 0.353 e. The fourth-order valence-corrected chi connectivity index (χ4v) is 4.78. The lowest BCUT2D eigenvalue weighted by molar-refractivity contribution is -0.121. The van der Waals surface area contributed by atoms with Crippen molar-refractivity contribution in [3.63, 3.8) is 0 Å². The zero-order chi connectivity index (χ0) is 20.9. The van der Waals surface area contributed by atoms with Crippen LogP contribution >= 0.6 is 0 Å². The Morgan fingerprint density at radius 3 is 2.57 bits per heavy atom. The Kier molecular flexibility index (Phi) is 6.56. The summed E-state index contributed by atoms with van der Waals surface area (Å²) < 4.78 is 2.34. The van der Waals surface area contributed by atoms with E-state index < -0.39 is 0 Å². The summed E-state index contributed by atoms with van der Waals surface area (Å²) in [6, 6.07) is 15.6. The summed E-state index contributed by atoms with van der Waals surface area (Å²) >= 11 is 0. The second-order valence-corrected chi connectivity index (χ2v) is 8.99. The average molecular weight is 403 g/mol. The number of hydrogen-bond donors (Lipinski definition) is 1. The van der Waals surface area contributed by atoms with E-state index in [0.29, 0.717) is 12.5 Å². The fraction of sp³-hybridized carbons (Fsp3) is 0.444. The highest BCUT2D eigenvalue weighted by molar-refractivity contribution is 5.85. The zero-order valence-corrected chi connectivity index (χ0v) is 18.4. The van der Waals surface area contributed by atoms with Gasteiger partial charge in [0.05, 0.1) is 0 Å². The van der Waals surface area contributed by atoms with Gasteiger partial charge in [0.2, 0.25) is 5.91 Å². The van der Waals surface area contributed by atoms with E-state index in [1.54, 1.807) is 0 Å². The van der Waals surface area contributed by atoms with Crippen LogP contribution in [0.5, 0.6) is 0 Å². The molecule has 4 rings (SSSR count). The third-order valence-electron chi connectivity index (χ3n) is 6.56. The van der Waals surface area contributed by atoms with Crippen LogP contribution in [0.25, 0.3) is 10.9 Å². The highest BCUT2D eigenvalue weighted by atomic mass is 16.1. The topological polar surface area (TPSA) is 34.0 Å². The number of aromatic nitrogens is 1. The van der Waals surface area contributed by atoms with Gasteiger partial charge < -0.3 is 9.88 Å². The first-order valence-electron chi connectivity index (χ1n) is 11.5. The van der Waals surface area contributed by atoms with Crippen molar-refractivity contribution in [2.24, 2.45) is 0 Å². The van der Waals surface area contributed by atoms with Gasteiger partial charge in [-0.25, -0.2) is 0 Å². The number of benzene rings is 2. The van der Waals surface area contributed by atoms with Crippen molar-refractivity contribution < 1.29 is 4.79 Å². The van der Waals surface area contributed by atoms with Gasteiger partial charge in [-0.05, 0) is 55.9 Å². The number of rotatable bonds is 6. The first-order chi connectivity index (χ1) is 14.6. The van der Waals surface area contributed by atoms with Gasteiger partial charge in [-0.2, -0.15) is 0 Å². The number of aryl methyl sites for hydroxylation is 3. The summed E-state index contributed by atoms with van der Waals surface area (Å²) in [5, 5.41) is 4.56. The number of fused-ring (bicyclic) bond motifs is 1. The summed E-state index contributed by atoms with van der Waals surface area (Å²) in [6.07, 6.45) is 11.0. The van der Waals surface area contributed by atoms with E-state index in [0.717, 1.165) is 25.8 Å². The van der Waals surface area contributed by atoms with E-state index >= 15 is 0 Å². The standard InChI is InChI=1S/C27H34N2O/c1-20-13-14-21(2)23(17-20)19-29-18-22(25-11-7-8-12-26(25)29)15-16-27(30)28-24-9-5-3-4-6-10-24/h7-8,11-14,17-18,24H,3-6,9-10,15-16,19H2,1-2H3,(H,28,30). The minimum atomic E-state index is 0.202. The van der Waals surface area contributed by atoms with Crippen LogP contribution in [0, 0.1) is 13.8 Å². The molecule has 0 bridgehead atoms. The Hall–Kier alpha value is -2.55. The van der Waals surface area contributed by atoms with Crippen LogP contribution in [0.1, 0.15) is 67.2 Å². The van der Waals surface area contributed by atoms with E-state index in [2.05, 4.69) is 72.4 Å². The maximum atomic E-state index is 12.6. The molecule has 1 N–H and O–H groups in total. The molecule has 1 aromatic heterocycles. The maximum absolute atomic E-state index is 12.6. The fourth-order valence-electron chi connectivity index (χ4n) is 4.78. The molecule has 0 spiro atoms. The van der Waals surface area contributed by atoms with Gasteiger partial charge >= 0.3 is 0 Å². The minimum absolute atomic E-state index is 0.202. The lowest BCUT2D eigenvalue weighted by Crippen LogP contribution is -2.34. The number of hydrogen-bond acceptors (Lipinski definition) is 1. The number of para-hydroxylation sites is 1. The molecule has 1 heterocycles. The predicted molar refractivity (Wildman–Crippen MR) is 125 cm³/mol. The highest BCUT2D eigenvalue weighted by Crippen LogP contribution is 2.25. The zero-order valence-electron chi connectivity index (χ0n) is 18.4. The van der Waals surface area contributed by atoms with Crippen molar-refractivity contribution in [1.29, 1.82) is 0 Å². The molecule has 158 valence electrons.